The van der Waals surface area contributed by atoms with Gasteiger partial charge in [0.2, 0.25) is 0 Å². The van der Waals surface area contributed by atoms with Gasteiger partial charge in [0.05, 0.1) is 0 Å². The van der Waals surface area contributed by atoms with Crippen LogP contribution in [-0.2, 0) is 0 Å². The molecule has 0 radical (unpaired) electrons. The van der Waals surface area contributed by atoms with E-state index in [1.165, 1.54) is 32.1 Å². The standard InChI is InChI=1S/C8H16BrN.BrH/c9-6-7-10-8-4-2-1-3-5-8;/h8,10H,1-7H2;1H. The van der Waals surface area contributed by atoms with Crippen molar-refractivity contribution in [1.29, 1.82) is 0 Å². The first-order valence-corrected chi connectivity index (χ1v) is 5.35. The van der Waals surface area contributed by atoms with E-state index < -0.39 is 0 Å². The van der Waals surface area contributed by atoms with Crippen LogP contribution in [0.5, 0.6) is 0 Å². The molecule has 1 nitrogen and oxygen atoms in total. The Morgan fingerprint density at radius 2 is 1.82 bits per heavy atom. The molecule has 1 saturated carbocycles. The van der Waals surface area contributed by atoms with Gasteiger partial charge in [0, 0.05) is 17.9 Å². The van der Waals surface area contributed by atoms with Gasteiger partial charge in [-0.3, -0.25) is 0 Å². The van der Waals surface area contributed by atoms with Gasteiger partial charge in [-0.25, -0.2) is 0 Å². The molecule has 1 aliphatic carbocycles. The minimum Gasteiger partial charge on any atom is -0.313 e. The molecule has 1 fully saturated rings. The van der Waals surface area contributed by atoms with Crippen molar-refractivity contribution in [3.63, 3.8) is 0 Å². The summed E-state index contributed by atoms with van der Waals surface area (Å²) < 4.78 is 0. The summed E-state index contributed by atoms with van der Waals surface area (Å²) in [6.07, 6.45) is 7.10. The molecule has 1 aliphatic rings. The highest BCUT2D eigenvalue weighted by Crippen LogP contribution is 2.16. The summed E-state index contributed by atoms with van der Waals surface area (Å²) >= 11 is 3.41. The monoisotopic (exact) mass is 285 g/mol. The van der Waals surface area contributed by atoms with E-state index in [0.29, 0.717) is 0 Å². The summed E-state index contributed by atoms with van der Waals surface area (Å²) in [7, 11) is 0. The summed E-state index contributed by atoms with van der Waals surface area (Å²) in [5, 5.41) is 4.61. The Kier molecular flexibility index (Phi) is 8.20. The lowest BCUT2D eigenvalue weighted by atomic mass is 9.96. The Morgan fingerprint density at radius 1 is 1.18 bits per heavy atom. The van der Waals surface area contributed by atoms with E-state index in [-0.39, 0.29) is 17.0 Å². The van der Waals surface area contributed by atoms with Crippen LogP contribution >= 0.6 is 32.9 Å². The zero-order valence-electron chi connectivity index (χ0n) is 6.81. The lowest BCUT2D eigenvalue weighted by molar-refractivity contribution is 0.381. The van der Waals surface area contributed by atoms with Crippen LogP contribution in [0.2, 0.25) is 0 Å². The van der Waals surface area contributed by atoms with Crippen LogP contribution in [-0.4, -0.2) is 17.9 Å². The molecular weight excluding hydrogens is 270 g/mol. The molecule has 0 amide bonds. The van der Waals surface area contributed by atoms with Gasteiger partial charge >= 0.3 is 0 Å². The van der Waals surface area contributed by atoms with Gasteiger partial charge in [-0.15, -0.1) is 17.0 Å². The third-order valence-electron chi connectivity index (χ3n) is 2.13. The fourth-order valence-electron chi connectivity index (χ4n) is 1.57. The maximum absolute atomic E-state index is 3.52. The first-order chi connectivity index (χ1) is 4.93. The first kappa shape index (κ1) is 11.9. The van der Waals surface area contributed by atoms with Crippen molar-refractivity contribution < 1.29 is 0 Å². The van der Waals surface area contributed by atoms with E-state index in [1.54, 1.807) is 0 Å². The predicted molar refractivity (Wildman–Crippen MR) is 59.0 cm³/mol. The fourth-order valence-corrected chi connectivity index (χ4v) is 1.79. The summed E-state index contributed by atoms with van der Waals surface area (Å²) in [5.41, 5.74) is 0. The molecule has 0 unspecified atom stereocenters. The molecule has 0 bridgehead atoms. The Balaban J connectivity index is 0.000001000. The van der Waals surface area contributed by atoms with Gasteiger partial charge < -0.3 is 5.32 Å². The molecule has 0 saturated heterocycles. The number of rotatable bonds is 3. The molecule has 0 aliphatic heterocycles. The quantitative estimate of drug-likeness (QED) is 0.787. The van der Waals surface area contributed by atoms with Crippen LogP contribution in [0.25, 0.3) is 0 Å². The molecule has 1 rings (SSSR count). The maximum Gasteiger partial charge on any atom is 0.0157 e. The average Bonchev–Trinajstić information content (AvgIpc) is 2.03. The van der Waals surface area contributed by atoms with E-state index >= 15 is 0 Å². The summed E-state index contributed by atoms with van der Waals surface area (Å²) in [6.45, 7) is 1.13. The smallest absolute Gasteiger partial charge is 0.0157 e. The molecule has 68 valence electrons. The normalized spacial score (nSPS) is 19.4. The summed E-state index contributed by atoms with van der Waals surface area (Å²) in [4.78, 5) is 0. The number of hydrogen-bond acceptors (Lipinski definition) is 1. The van der Waals surface area contributed by atoms with Gasteiger partial charge in [-0.1, -0.05) is 35.2 Å². The Morgan fingerprint density at radius 3 is 2.36 bits per heavy atom. The van der Waals surface area contributed by atoms with Crippen LogP contribution in [0, 0.1) is 0 Å². The highest BCUT2D eigenvalue weighted by atomic mass is 79.9. The van der Waals surface area contributed by atoms with Gasteiger partial charge in [0.1, 0.15) is 0 Å². The Hall–Kier alpha value is 0.920. The maximum atomic E-state index is 3.52. The van der Waals surface area contributed by atoms with Crippen molar-refractivity contribution >= 4 is 32.9 Å². The van der Waals surface area contributed by atoms with Gasteiger partial charge in [0.25, 0.3) is 0 Å². The lowest BCUT2D eigenvalue weighted by Crippen LogP contribution is -2.32. The predicted octanol–water partition coefficient (Wildman–Crippen LogP) is 2.88. The van der Waals surface area contributed by atoms with Crippen molar-refractivity contribution in [2.24, 2.45) is 0 Å². The minimum atomic E-state index is 0. The van der Waals surface area contributed by atoms with Crippen molar-refractivity contribution in [3.8, 4) is 0 Å². The molecular formula is C8H17Br2N. The third kappa shape index (κ3) is 5.21. The average molecular weight is 287 g/mol. The van der Waals surface area contributed by atoms with Crippen LogP contribution in [0.15, 0.2) is 0 Å². The Labute approximate surface area is 88.2 Å². The fraction of sp³-hybridized carbons (Fsp3) is 1.00. The van der Waals surface area contributed by atoms with Gasteiger partial charge in [-0.05, 0) is 12.8 Å². The molecule has 0 spiro atoms. The highest BCUT2D eigenvalue weighted by Gasteiger charge is 2.10. The van der Waals surface area contributed by atoms with Gasteiger partial charge in [-0.2, -0.15) is 0 Å². The van der Waals surface area contributed by atoms with E-state index in [0.717, 1.165) is 17.9 Å². The van der Waals surface area contributed by atoms with Crippen LogP contribution in [0.3, 0.4) is 0 Å². The lowest BCUT2D eigenvalue weighted by Gasteiger charge is -2.22. The second kappa shape index (κ2) is 7.56. The molecule has 0 aromatic heterocycles. The molecule has 3 heteroatoms. The SMILES string of the molecule is Br.BrCCNC1CCCCC1. The topological polar surface area (TPSA) is 12.0 Å². The molecule has 0 aromatic carbocycles. The number of nitrogens with one attached hydrogen (secondary N) is 1. The summed E-state index contributed by atoms with van der Waals surface area (Å²) in [5.74, 6) is 0. The van der Waals surface area contributed by atoms with Crippen LogP contribution in [0.1, 0.15) is 32.1 Å². The van der Waals surface area contributed by atoms with E-state index in [2.05, 4.69) is 21.2 Å². The number of halogens is 2. The molecule has 0 atom stereocenters. The van der Waals surface area contributed by atoms with Gasteiger partial charge in [0.15, 0.2) is 0 Å². The van der Waals surface area contributed by atoms with E-state index in [9.17, 15) is 0 Å². The second-order valence-electron chi connectivity index (χ2n) is 2.98. The molecule has 0 aromatic rings. The van der Waals surface area contributed by atoms with E-state index in [1.807, 2.05) is 0 Å². The van der Waals surface area contributed by atoms with Crippen molar-refractivity contribution in [2.75, 3.05) is 11.9 Å². The zero-order valence-corrected chi connectivity index (χ0v) is 10.1. The third-order valence-corrected chi connectivity index (χ3v) is 2.53. The van der Waals surface area contributed by atoms with Crippen molar-refractivity contribution in [3.05, 3.63) is 0 Å². The second-order valence-corrected chi connectivity index (χ2v) is 3.77. The molecule has 0 heterocycles. The number of hydrogen-bond donors (Lipinski definition) is 1. The van der Waals surface area contributed by atoms with Crippen LogP contribution in [0.4, 0.5) is 0 Å². The first-order valence-electron chi connectivity index (χ1n) is 4.23. The Bertz CT molecular complexity index is 82.2. The zero-order chi connectivity index (χ0) is 7.23. The van der Waals surface area contributed by atoms with Crippen molar-refractivity contribution in [1.82, 2.24) is 5.32 Å². The summed E-state index contributed by atoms with van der Waals surface area (Å²) in [6, 6.07) is 0.825. The van der Waals surface area contributed by atoms with Crippen LogP contribution < -0.4 is 5.32 Å². The highest BCUT2D eigenvalue weighted by molar-refractivity contribution is 9.09. The number of alkyl halides is 1. The minimum absolute atomic E-state index is 0. The molecule has 11 heavy (non-hydrogen) atoms. The molecule has 1 N–H and O–H groups in total. The van der Waals surface area contributed by atoms with Crippen molar-refractivity contribution in [2.45, 2.75) is 38.1 Å². The largest absolute Gasteiger partial charge is 0.313 e. The van der Waals surface area contributed by atoms with E-state index in [4.69, 9.17) is 0 Å².